The van der Waals surface area contributed by atoms with Gasteiger partial charge >= 0.3 is 0 Å². The van der Waals surface area contributed by atoms with E-state index in [1.807, 2.05) is 44.3 Å². The standard InChI is InChI=1S/C18H19N3/c1-12-7-8-15(13(2)21-12)17(19)11-14-9-10-20-18-6-4-3-5-16(14)18/h3-10,17H,11,19H2,1-2H3. The lowest BCUT2D eigenvalue weighted by Gasteiger charge is -2.16. The second kappa shape index (κ2) is 5.62. The number of aryl methyl sites for hydroxylation is 2. The van der Waals surface area contributed by atoms with Gasteiger partial charge in [-0.25, -0.2) is 0 Å². The maximum atomic E-state index is 6.41. The zero-order chi connectivity index (χ0) is 14.8. The Bertz CT molecular complexity index is 775. The second-order valence-corrected chi connectivity index (χ2v) is 5.43. The highest BCUT2D eigenvalue weighted by Gasteiger charge is 2.12. The van der Waals surface area contributed by atoms with Crippen LogP contribution in [-0.2, 0) is 6.42 Å². The van der Waals surface area contributed by atoms with Crippen molar-refractivity contribution in [3.8, 4) is 0 Å². The van der Waals surface area contributed by atoms with Gasteiger partial charge in [0, 0.05) is 29.0 Å². The molecule has 0 aliphatic heterocycles. The topological polar surface area (TPSA) is 51.8 Å². The van der Waals surface area contributed by atoms with E-state index in [-0.39, 0.29) is 6.04 Å². The summed E-state index contributed by atoms with van der Waals surface area (Å²) in [6, 6.07) is 14.3. The first-order valence-corrected chi connectivity index (χ1v) is 7.17. The highest BCUT2D eigenvalue weighted by Crippen LogP contribution is 2.23. The molecule has 0 aliphatic carbocycles. The van der Waals surface area contributed by atoms with E-state index < -0.39 is 0 Å². The number of pyridine rings is 2. The summed E-state index contributed by atoms with van der Waals surface area (Å²) in [4.78, 5) is 8.90. The molecule has 0 saturated carbocycles. The van der Waals surface area contributed by atoms with Crippen molar-refractivity contribution in [2.24, 2.45) is 5.73 Å². The van der Waals surface area contributed by atoms with Crippen molar-refractivity contribution in [3.63, 3.8) is 0 Å². The molecule has 21 heavy (non-hydrogen) atoms. The van der Waals surface area contributed by atoms with Gasteiger partial charge in [0.15, 0.2) is 0 Å². The largest absolute Gasteiger partial charge is 0.324 e. The molecule has 3 rings (SSSR count). The van der Waals surface area contributed by atoms with Crippen LogP contribution in [0.2, 0.25) is 0 Å². The maximum absolute atomic E-state index is 6.41. The van der Waals surface area contributed by atoms with Gasteiger partial charge in [-0.2, -0.15) is 0 Å². The Morgan fingerprint density at radius 2 is 1.86 bits per heavy atom. The third kappa shape index (κ3) is 2.78. The van der Waals surface area contributed by atoms with Gasteiger partial charge in [0.2, 0.25) is 0 Å². The number of rotatable bonds is 3. The first-order chi connectivity index (χ1) is 10.1. The first kappa shape index (κ1) is 13.7. The van der Waals surface area contributed by atoms with E-state index in [1.165, 1.54) is 10.9 Å². The van der Waals surface area contributed by atoms with Gasteiger partial charge in [0.05, 0.1) is 5.52 Å². The lowest BCUT2D eigenvalue weighted by atomic mass is 9.96. The minimum atomic E-state index is -0.0519. The molecule has 0 bridgehead atoms. The average molecular weight is 277 g/mol. The molecule has 1 aromatic carbocycles. The SMILES string of the molecule is Cc1ccc(C(N)Cc2ccnc3ccccc23)c(C)n1. The summed E-state index contributed by atoms with van der Waals surface area (Å²) >= 11 is 0. The fourth-order valence-corrected chi connectivity index (χ4v) is 2.77. The van der Waals surface area contributed by atoms with Gasteiger partial charge in [0.25, 0.3) is 0 Å². The van der Waals surface area contributed by atoms with Crippen LogP contribution in [0, 0.1) is 13.8 Å². The fourth-order valence-electron chi connectivity index (χ4n) is 2.77. The number of hydrogen-bond acceptors (Lipinski definition) is 3. The minimum absolute atomic E-state index is 0.0519. The Balaban J connectivity index is 1.94. The molecule has 1 unspecified atom stereocenters. The number of para-hydroxylation sites is 1. The van der Waals surface area contributed by atoms with Crippen molar-refractivity contribution in [2.45, 2.75) is 26.3 Å². The Morgan fingerprint density at radius 1 is 1.05 bits per heavy atom. The number of aromatic nitrogens is 2. The summed E-state index contributed by atoms with van der Waals surface area (Å²) in [6.45, 7) is 4.02. The summed E-state index contributed by atoms with van der Waals surface area (Å²) in [5.74, 6) is 0. The number of benzene rings is 1. The van der Waals surface area contributed by atoms with Crippen LogP contribution in [0.15, 0.2) is 48.7 Å². The third-order valence-corrected chi connectivity index (χ3v) is 3.84. The molecule has 0 amide bonds. The molecule has 0 fully saturated rings. The molecule has 0 spiro atoms. The van der Waals surface area contributed by atoms with Crippen molar-refractivity contribution in [1.29, 1.82) is 0 Å². The van der Waals surface area contributed by atoms with Crippen molar-refractivity contribution in [1.82, 2.24) is 9.97 Å². The first-order valence-electron chi connectivity index (χ1n) is 7.17. The normalized spacial score (nSPS) is 12.5. The Kier molecular flexibility index (Phi) is 3.67. The van der Waals surface area contributed by atoms with Crippen LogP contribution >= 0.6 is 0 Å². The van der Waals surface area contributed by atoms with E-state index in [2.05, 4.69) is 28.2 Å². The van der Waals surface area contributed by atoms with Crippen LogP contribution in [0.25, 0.3) is 10.9 Å². The molecule has 3 nitrogen and oxygen atoms in total. The van der Waals surface area contributed by atoms with Crippen LogP contribution in [0.3, 0.4) is 0 Å². The van der Waals surface area contributed by atoms with E-state index >= 15 is 0 Å². The van der Waals surface area contributed by atoms with Crippen molar-refractivity contribution < 1.29 is 0 Å². The molecule has 0 radical (unpaired) electrons. The molecule has 0 aliphatic rings. The van der Waals surface area contributed by atoms with Gasteiger partial charge in [-0.3, -0.25) is 9.97 Å². The lowest BCUT2D eigenvalue weighted by Crippen LogP contribution is -2.15. The zero-order valence-corrected chi connectivity index (χ0v) is 12.4. The van der Waals surface area contributed by atoms with Crippen LogP contribution in [0.1, 0.15) is 28.6 Å². The highest BCUT2D eigenvalue weighted by atomic mass is 14.7. The van der Waals surface area contributed by atoms with Crippen LogP contribution in [0.5, 0.6) is 0 Å². The summed E-state index contributed by atoms with van der Waals surface area (Å²) in [5, 5.41) is 1.17. The summed E-state index contributed by atoms with van der Waals surface area (Å²) in [6.07, 6.45) is 2.64. The van der Waals surface area contributed by atoms with Gasteiger partial charge in [-0.1, -0.05) is 24.3 Å². The summed E-state index contributed by atoms with van der Waals surface area (Å²) in [5.41, 5.74) is 11.8. The van der Waals surface area contributed by atoms with E-state index in [1.54, 1.807) is 0 Å². The van der Waals surface area contributed by atoms with Crippen molar-refractivity contribution in [3.05, 3.63) is 71.2 Å². The van der Waals surface area contributed by atoms with Crippen LogP contribution < -0.4 is 5.73 Å². The predicted molar refractivity (Wildman–Crippen MR) is 86.1 cm³/mol. The molecule has 3 heteroatoms. The van der Waals surface area contributed by atoms with Gasteiger partial charge in [-0.05, 0) is 49.6 Å². The molecule has 3 aromatic rings. The van der Waals surface area contributed by atoms with Crippen LogP contribution in [-0.4, -0.2) is 9.97 Å². The minimum Gasteiger partial charge on any atom is -0.324 e. The summed E-state index contributed by atoms with van der Waals surface area (Å²) in [7, 11) is 0. The van der Waals surface area contributed by atoms with E-state index in [9.17, 15) is 0 Å². The Hall–Kier alpha value is -2.26. The monoisotopic (exact) mass is 277 g/mol. The van der Waals surface area contributed by atoms with Gasteiger partial charge in [0.1, 0.15) is 0 Å². The molecule has 106 valence electrons. The molecular formula is C18H19N3. The number of nitrogens with zero attached hydrogens (tertiary/aromatic N) is 2. The Labute approximate surface area is 124 Å². The van der Waals surface area contributed by atoms with Crippen molar-refractivity contribution in [2.75, 3.05) is 0 Å². The molecule has 1 atom stereocenters. The predicted octanol–water partition coefficient (Wildman–Crippen LogP) is 3.49. The van der Waals surface area contributed by atoms with Crippen LogP contribution in [0.4, 0.5) is 0 Å². The van der Waals surface area contributed by atoms with E-state index in [0.717, 1.165) is 28.9 Å². The van der Waals surface area contributed by atoms with Gasteiger partial charge < -0.3 is 5.73 Å². The number of hydrogen-bond donors (Lipinski definition) is 1. The number of fused-ring (bicyclic) bond motifs is 1. The maximum Gasteiger partial charge on any atom is 0.0704 e. The quantitative estimate of drug-likeness (QED) is 0.797. The lowest BCUT2D eigenvalue weighted by molar-refractivity contribution is 0.712. The third-order valence-electron chi connectivity index (χ3n) is 3.84. The van der Waals surface area contributed by atoms with Gasteiger partial charge in [-0.15, -0.1) is 0 Å². The molecule has 0 saturated heterocycles. The molecular weight excluding hydrogens is 258 g/mol. The zero-order valence-electron chi connectivity index (χ0n) is 12.4. The molecule has 2 heterocycles. The molecule has 2 aromatic heterocycles. The van der Waals surface area contributed by atoms with E-state index in [0.29, 0.717) is 0 Å². The van der Waals surface area contributed by atoms with Crippen molar-refractivity contribution >= 4 is 10.9 Å². The molecule has 2 N–H and O–H groups in total. The highest BCUT2D eigenvalue weighted by molar-refractivity contribution is 5.81. The Morgan fingerprint density at radius 3 is 2.67 bits per heavy atom. The fraction of sp³-hybridized carbons (Fsp3) is 0.222. The average Bonchev–Trinajstić information content (AvgIpc) is 2.47. The van der Waals surface area contributed by atoms with E-state index in [4.69, 9.17) is 5.73 Å². The smallest absolute Gasteiger partial charge is 0.0704 e. The summed E-state index contributed by atoms with van der Waals surface area (Å²) < 4.78 is 0. The number of nitrogens with two attached hydrogens (primary N) is 1. The second-order valence-electron chi connectivity index (χ2n) is 5.43.